The van der Waals surface area contributed by atoms with E-state index in [1.54, 1.807) is 0 Å². The fraction of sp³-hybridized carbons (Fsp3) is 1.00. The van der Waals surface area contributed by atoms with Crippen molar-refractivity contribution < 1.29 is 8.42 Å². The lowest BCUT2D eigenvalue weighted by molar-refractivity contribution is 0.331. The van der Waals surface area contributed by atoms with Crippen molar-refractivity contribution in [3.05, 3.63) is 0 Å². The van der Waals surface area contributed by atoms with Gasteiger partial charge in [-0.1, -0.05) is 0 Å². The van der Waals surface area contributed by atoms with Crippen LogP contribution >= 0.6 is 0 Å². The molecule has 2 atom stereocenters. The van der Waals surface area contributed by atoms with Crippen LogP contribution in [0.4, 0.5) is 0 Å². The molecule has 0 aromatic carbocycles. The number of rotatable bonds is 1. The minimum atomic E-state index is -2.81. The summed E-state index contributed by atoms with van der Waals surface area (Å²) >= 11 is 0. The largest absolute Gasteiger partial charge is 0.302 e. The lowest BCUT2D eigenvalue weighted by Crippen LogP contribution is -2.24. The summed E-state index contributed by atoms with van der Waals surface area (Å²) in [6.07, 6.45) is 2.11. The van der Waals surface area contributed by atoms with Gasteiger partial charge < -0.3 is 4.90 Å². The molecule has 0 bridgehead atoms. The first kappa shape index (κ1) is 9.00. The molecule has 0 spiro atoms. The van der Waals surface area contributed by atoms with E-state index in [0.29, 0.717) is 12.6 Å². The maximum atomic E-state index is 11.1. The molecule has 0 aliphatic carbocycles. The van der Waals surface area contributed by atoms with Crippen LogP contribution < -0.4 is 0 Å². The van der Waals surface area contributed by atoms with Crippen molar-refractivity contribution in [1.29, 1.82) is 0 Å². The number of nitrogens with zero attached hydrogens (tertiary/aromatic N) is 1. The van der Waals surface area contributed by atoms with Crippen LogP contribution in [0, 0.1) is 0 Å². The number of likely N-dealkylation sites (tertiary alicyclic amines) is 1. The van der Waals surface area contributed by atoms with E-state index < -0.39 is 9.84 Å². The highest BCUT2D eigenvalue weighted by Gasteiger charge is 2.32. The fourth-order valence-electron chi connectivity index (χ4n) is 1.45. The topological polar surface area (TPSA) is 37.4 Å². The minimum absolute atomic E-state index is 0.137. The number of hydrogen-bond donors (Lipinski definition) is 0. The van der Waals surface area contributed by atoms with Gasteiger partial charge in [0.05, 0.1) is 5.25 Å². The Morgan fingerprint density at radius 3 is 2.18 bits per heavy atom. The Labute approximate surface area is 68.3 Å². The highest BCUT2D eigenvalue weighted by atomic mass is 32.2. The van der Waals surface area contributed by atoms with Gasteiger partial charge >= 0.3 is 0 Å². The first-order valence-corrected chi connectivity index (χ1v) is 5.76. The molecule has 0 radical (unpaired) electrons. The standard InChI is InChI=1S/C7H15NO2S/c1-6-4-7(5-8(6)2)11(3,9)10/h6-7H,4-5H2,1-3H3. The maximum Gasteiger partial charge on any atom is 0.151 e. The van der Waals surface area contributed by atoms with Crippen LogP contribution in [0.3, 0.4) is 0 Å². The number of sulfone groups is 1. The monoisotopic (exact) mass is 177 g/mol. The Morgan fingerprint density at radius 1 is 1.45 bits per heavy atom. The van der Waals surface area contributed by atoms with Crippen LogP contribution in [0.5, 0.6) is 0 Å². The predicted molar refractivity (Wildman–Crippen MR) is 45.3 cm³/mol. The van der Waals surface area contributed by atoms with Gasteiger partial charge in [-0.25, -0.2) is 8.42 Å². The van der Waals surface area contributed by atoms with Crippen molar-refractivity contribution in [3.63, 3.8) is 0 Å². The normalized spacial score (nSPS) is 34.5. The molecule has 2 unspecified atom stereocenters. The summed E-state index contributed by atoms with van der Waals surface area (Å²) in [5.74, 6) is 0. The average molecular weight is 177 g/mol. The number of hydrogen-bond acceptors (Lipinski definition) is 3. The fourth-order valence-corrected chi connectivity index (χ4v) is 2.58. The van der Waals surface area contributed by atoms with E-state index in [2.05, 4.69) is 11.8 Å². The van der Waals surface area contributed by atoms with Crippen molar-refractivity contribution >= 4 is 9.84 Å². The molecule has 0 aromatic heterocycles. The molecule has 1 aliphatic rings. The molecular formula is C7H15NO2S. The molecule has 1 heterocycles. The summed E-state index contributed by atoms with van der Waals surface area (Å²) in [5.41, 5.74) is 0. The summed E-state index contributed by atoms with van der Waals surface area (Å²) in [6.45, 7) is 2.76. The summed E-state index contributed by atoms with van der Waals surface area (Å²) in [4.78, 5) is 2.09. The molecule has 0 N–H and O–H groups in total. The molecule has 0 saturated carbocycles. The zero-order chi connectivity index (χ0) is 8.65. The van der Waals surface area contributed by atoms with Gasteiger partial charge in [0.2, 0.25) is 0 Å². The van der Waals surface area contributed by atoms with Crippen molar-refractivity contribution in [3.8, 4) is 0 Å². The van der Waals surface area contributed by atoms with Crippen LogP contribution in [-0.4, -0.2) is 44.5 Å². The van der Waals surface area contributed by atoms with Crippen LogP contribution in [0.1, 0.15) is 13.3 Å². The highest BCUT2D eigenvalue weighted by molar-refractivity contribution is 7.91. The molecule has 3 nitrogen and oxygen atoms in total. The van der Waals surface area contributed by atoms with E-state index >= 15 is 0 Å². The van der Waals surface area contributed by atoms with Crippen molar-refractivity contribution in [2.75, 3.05) is 19.8 Å². The molecule has 4 heteroatoms. The average Bonchev–Trinajstić information content (AvgIpc) is 2.11. The van der Waals surface area contributed by atoms with E-state index in [-0.39, 0.29) is 5.25 Å². The second-order valence-corrected chi connectivity index (χ2v) is 5.80. The molecule has 1 saturated heterocycles. The Bertz CT molecular complexity index is 225. The van der Waals surface area contributed by atoms with Crippen LogP contribution in [0.25, 0.3) is 0 Å². The van der Waals surface area contributed by atoms with E-state index in [9.17, 15) is 8.42 Å². The molecule has 1 aliphatic heterocycles. The molecule has 0 aromatic rings. The van der Waals surface area contributed by atoms with Crippen LogP contribution in [0.15, 0.2) is 0 Å². The van der Waals surface area contributed by atoms with E-state index in [1.807, 2.05) is 7.05 Å². The Balaban J connectivity index is 2.69. The first-order chi connectivity index (χ1) is 4.91. The van der Waals surface area contributed by atoms with Gasteiger partial charge in [0, 0.05) is 18.8 Å². The molecular weight excluding hydrogens is 162 g/mol. The highest BCUT2D eigenvalue weighted by Crippen LogP contribution is 2.20. The second kappa shape index (κ2) is 2.75. The van der Waals surface area contributed by atoms with Gasteiger partial charge in [0.25, 0.3) is 0 Å². The van der Waals surface area contributed by atoms with Crippen LogP contribution in [-0.2, 0) is 9.84 Å². The van der Waals surface area contributed by atoms with Gasteiger partial charge in [0.15, 0.2) is 9.84 Å². The zero-order valence-electron chi connectivity index (χ0n) is 7.24. The Hall–Kier alpha value is -0.0900. The van der Waals surface area contributed by atoms with E-state index in [1.165, 1.54) is 6.26 Å². The van der Waals surface area contributed by atoms with Gasteiger partial charge in [0.1, 0.15) is 0 Å². The lowest BCUT2D eigenvalue weighted by Gasteiger charge is -2.12. The Morgan fingerprint density at radius 2 is 2.00 bits per heavy atom. The van der Waals surface area contributed by atoms with Crippen molar-refractivity contribution in [2.24, 2.45) is 0 Å². The summed E-state index contributed by atoms with van der Waals surface area (Å²) in [6, 6.07) is 0.412. The van der Waals surface area contributed by atoms with Crippen molar-refractivity contribution in [2.45, 2.75) is 24.6 Å². The van der Waals surface area contributed by atoms with E-state index in [4.69, 9.17) is 0 Å². The second-order valence-electron chi connectivity index (χ2n) is 3.48. The van der Waals surface area contributed by atoms with E-state index in [0.717, 1.165) is 6.42 Å². The smallest absolute Gasteiger partial charge is 0.151 e. The van der Waals surface area contributed by atoms with Gasteiger partial charge in [-0.15, -0.1) is 0 Å². The molecule has 11 heavy (non-hydrogen) atoms. The zero-order valence-corrected chi connectivity index (χ0v) is 8.06. The quantitative estimate of drug-likeness (QED) is 0.571. The van der Waals surface area contributed by atoms with Crippen LogP contribution in [0.2, 0.25) is 0 Å². The maximum absolute atomic E-state index is 11.1. The third-order valence-electron chi connectivity index (χ3n) is 2.45. The predicted octanol–water partition coefficient (Wildman–Crippen LogP) is 0.124. The third kappa shape index (κ3) is 1.93. The molecule has 1 rings (SSSR count). The minimum Gasteiger partial charge on any atom is -0.302 e. The lowest BCUT2D eigenvalue weighted by atomic mass is 10.2. The summed E-state index contributed by atoms with van der Waals surface area (Å²) in [7, 11) is -0.842. The van der Waals surface area contributed by atoms with Gasteiger partial charge in [-0.05, 0) is 20.4 Å². The van der Waals surface area contributed by atoms with Gasteiger partial charge in [-0.2, -0.15) is 0 Å². The molecule has 66 valence electrons. The summed E-state index contributed by atoms with van der Waals surface area (Å²) in [5, 5.41) is -0.137. The van der Waals surface area contributed by atoms with Gasteiger partial charge in [-0.3, -0.25) is 0 Å². The molecule has 1 fully saturated rings. The molecule has 0 amide bonds. The van der Waals surface area contributed by atoms with Crippen molar-refractivity contribution in [1.82, 2.24) is 4.90 Å². The first-order valence-electron chi connectivity index (χ1n) is 3.80. The SMILES string of the molecule is CC1CC(S(C)(=O)=O)CN1C. The summed E-state index contributed by atoms with van der Waals surface area (Å²) < 4.78 is 22.2. The Kier molecular flexibility index (Phi) is 2.25. The third-order valence-corrected chi connectivity index (χ3v) is 4.01.